The maximum atomic E-state index is 5.96. The second-order valence-corrected chi connectivity index (χ2v) is 5.93. The highest BCUT2D eigenvalue weighted by molar-refractivity contribution is 9.09. The van der Waals surface area contributed by atoms with Crippen molar-refractivity contribution in [3.63, 3.8) is 0 Å². The lowest BCUT2D eigenvalue weighted by Gasteiger charge is -2.27. The van der Waals surface area contributed by atoms with Crippen LogP contribution < -0.4 is 0 Å². The molecular formula is C13H25BrO. The van der Waals surface area contributed by atoms with E-state index in [1.807, 2.05) is 0 Å². The highest BCUT2D eigenvalue weighted by Crippen LogP contribution is 2.26. The topological polar surface area (TPSA) is 9.23 Å². The Morgan fingerprint density at radius 3 is 2.80 bits per heavy atom. The lowest BCUT2D eigenvalue weighted by molar-refractivity contribution is 0.00992. The van der Waals surface area contributed by atoms with Crippen molar-refractivity contribution in [3.8, 4) is 0 Å². The van der Waals surface area contributed by atoms with Gasteiger partial charge in [0.15, 0.2) is 0 Å². The number of hydrogen-bond acceptors (Lipinski definition) is 1. The smallest absolute Gasteiger partial charge is 0.0577 e. The van der Waals surface area contributed by atoms with E-state index in [2.05, 4.69) is 29.8 Å². The van der Waals surface area contributed by atoms with E-state index in [0.29, 0.717) is 6.10 Å². The van der Waals surface area contributed by atoms with E-state index in [9.17, 15) is 0 Å². The van der Waals surface area contributed by atoms with Crippen LogP contribution in [0.15, 0.2) is 0 Å². The van der Waals surface area contributed by atoms with E-state index < -0.39 is 0 Å². The Hall–Kier alpha value is 0.440. The van der Waals surface area contributed by atoms with Gasteiger partial charge in [0.25, 0.3) is 0 Å². The second kappa shape index (κ2) is 7.67. The standard InChI is InChI=1S/C13H25BrO/c1-11(6-8-14)7-9-15-13-5-3-4-12(2)10-13/h11-13H,3-10H2,1-2H3. The molecule has 0 aromatic rings. The molecule has 1 nitrogen and oxygen atoms in total. The Labute approximate surface area is 103 Å². The third-order valence-electron chi connectivity index (χ3n) is 3.45. The van der Waals surface area contributed by atoms with Crippen molar-refractivity contribution in [1.29, 1.82) is 0 Å². The van der Waals surface area contributed by atoms with Crippen molar-refractivity contribution in [2.24, 2.45) is 11.8 Å². The van der Waals surface area contributed by atoms with E-state index >= 15 is 0 Å². The minimum atomic E-state index is 0.560. The van der Waals surface area contributed by atoms with E-state index in [4.69, 9.17) is 4.74 Å². The molecule has 0 bridgehead atoms. The van der Waals surface area contributed by atoms with Gasteiger partial charge in [-0.2, -0.15) is 0 Å². The van der Waals surface area contributed by atoms with E-state index in [1.54, 1.807) is 0 Å². The Kier molecular flexibility index (Phi) is 6.91. The number of ether oxygens (including phenoxy) is 1. The fourth-order valence-corrected chi connectivity index (χ4v) is 3.08. The van der Waals surface area contributed by atoms with Gasteiger partial charge < -0.3 is 4.74 Å². The molecule has 1 rings (SSSR count). The van der Waals surface area contributed by atoms with Crippen LogP contribution in [0.3, 0.4) is 0 Å². The van der Waals surface area contributed by atoms with Gasteiger partial charge in [-0.3, -0.25) is 0 Å². The number of hydrogen-bond donors (Lipinski definition) is 0. The highest BCUT2D eigenvalue weighted by atomic mass is 79.9. The lowest BCUT2D eigenvalue weighted by Crippen LogP contribution is -2.22. The average molecular weight is 277 g/mol. The Morgan fingerprint density at radius 1 is 1.33 bits per heavy atom. The van der Waals surface area contributed by atoms with Crippen molar-refractivity contribution in [1.82, 2.24) is 0 Å². The molecule has 0 aliphatic heterocycles. The summed E-state index contributed by atoms with van der Waals surface area (Å²) in [6.07, 6.45) is 8.39. The maximum Gasteiger partial charge on any atom is 0.0577 e. The number of rotatable bonds is 6. The monoisotopic (exact) mass is 276 g/mol. The molecule has 0 saturated heterocycles. The normalized spacial score (nSPS) is 29.0. The molecular weight excluding hydrogens is 252 g/mol. The van der Waals surface area contributed by atoms with Crippen molar-refractivity contribution >= 4 is 15.9 Å². The van der Waals surface area contributed by atoms with Crippen LogP contribution in [-0.2, 0) is 4.74 Å². The molecule has 15 heavy (non-hydrogen) atoms. The average Bonchev–Trinajstić information content (AvgIpc) is 2.18. The summed E-state index contributed by atoms with van der Waals surface area (Å²) >= 11 is 3.49. The zero-order valence-electron chi connectivity index (χ0n) is 10.2. The fraction of sp³-hybridized carbons (Fsp3) is 1.00. The molecule has 0 heterocycles. The first-order valence-corrected chi connectivity index (χ1v) is 7.52. The summed E-state index contributed by atoms with van der Waals surface area (Å²) in [5, 5.41) is 1.12. The van der Waals surface area contributed by atoms with Crippen molar-refractivity contribution in [2.45, 2.75) is 58.5 Å². The maximum absolute atomic E-state index is 5.96. The summed E-state index contributed by atoms with van der Waals surface area (Å²) in [5.41, 5.74) is 0. The molecule has 1 fully saturated rings. The zero-order chi connectivity index (χ0) is 11.1. The van der Waals surface area contributed by atoms with Crippen LogP contribution in [0.2, 0.25) is 0 Å². The van der Waals surface area contributed by atoms with Crippen LogP contribution >= 0.6 is 15.9 Å². The van der Waals surface area contributed by atoms with Gasteiger partial charge in [-0.1, -0.05) is 42.6 Å². The van der Waals surface area contributed by atoms with Crippen LogP contribution in [0.5, 0.6) is 0 Å². The molecule has 3 atom stereocenters. The van der Waals surface area contributed by atoms with Gasteiger partial charge >= 0.3 is 0 Å². The minimum Gasteiger partial charge on any atom is -0.378 e. The Morgan fingerprint density at radius 2 is 2.13 bits per heavy atom. The van der Waals surface area contributed by atoms with Gasteiger partial charge in [0, 0.05) is 11.9 Å². The number of halogens is 1. The predicted octanol–water partition coefficient (Wildman–Crippen LogP) is 4.39. The van der Waals surface area contributed by atoms with Crippen LogP contribution in [-0.4, -0.2) is 18.0 Å². The van der Waals surface area contributed by atoms with Crippen LogP contribution in [0.25, 0.3) is 0 Å². The van der Waals surface area contributed by atoms with Gasteiger partial charge in [0.05, 0.1) is 6.10 Å². The number of alkyl halides is 1. The largest absolute Gasteiger partial charge is 0.378 e. The molecule has 0 amide bonds. The molecule has 0 N–H and O–H groups in total. The molecule has 90 valence electrons. The van der Waals surface area contributed by atoms with Crippen molar-refractivity contribution < 1.29 is 4.74 Å². The molecule has 2 heteroatoms. The van der Waals surface area contributed by atoms with Gasteiger partial charge in [0.1, 0.15) is 0 Å². The SMILES string of the molecule is CC(CCBr)CCOC1CCCC(C)C1. The van der Waals surface area contributed by atoms with Crippen LogP contribution in [0, 0.1) is 11.8 Å². The molecule has 0 aromatic carbocycles. The molecule has 3 unspecified atom stereocenters. The summed E-state index contributed by atoms with van der Waals surface area (Å²) in [5.74, 6) is 1.68. The van der Waals surface area contributed by atoms with E-state index in [1.165, 1.54) is 38.5 Å². The highest BCUT2D eigenvalue weighted by Gasteiger charge is 2.19. The first kappa shape index (κ1) is 13.5. The fourth-order valence-electron chi connectivity index (χ4n) is 2.30. The molecule has 0 spiro atoms. The van der Waals surface area contributed by atoms with Gasteiger partial charge in [-0.25, -0.2) is 0 Å². The van der Waals surface area contributed by atoms with Crippen molar-refractivity contribution in [3.05, 3.63) is 0 Å². The third kappa shape index (κ3) is 5.91. The van der Waals surface area contributed by atoms with Gasteiger partial charge in [-0.15, -0.1) is 0 Å². The first-order valence-electron chi connectivity index (χ1n) is 6.40. The summed E-state index contributed by atoms with van der Waals surface area (Å²) < 4.78 is 5.96. The Balaban J connectivity index is 2.03. The first-order chi connectivity index (χ1) is 7.22. The van der Waals surface area contributed by atoms with Gasteiger partial charge in [0.2, 0.25) is 0 Å². The summed E-state index contributed by atoms with van der Waals surface area (Å²) in [6, 6.07) is 0. The third-order valence-corrected chi connectivity index (χ3v) is 3.91. The van der Waals surface area contributed by atoms with E-state index in [0.717, 1.165) is 23.8 Å². The van der Waals surface area contributed by atoms with Crippen molar-refractivity contribution in [2.75, 3.05) is 11.9 Å². The Bertz CT molecular complexity index is 161. The summed E-state index contributed by atoms with van der Waals surface area (Å²) in [7, 11) is 0. The molecule has 1 aliphatic rings. The molecule has 0 radical (unpaired) electrons. The zero-order valence-corrected chi connectivity index (χ0v) is 11.8. The minimum absolute atomic E-state index is 0.560. The van der Waals surface area contributed by atoms with E-state index in [-0.39, 0.29) is 0 Å². The predicted molar refractivity (Wildman–Crippen MR) is 69.6 cm³/mol. The molecule has 0 aromatic heterocycles. The second-order valence-electron chi connectivity index (χ2n) is 5.14. The molecule has 1 saturated carbocycles. The van der Waals surface area contributed by atoms with Crippen LogP contribution in [0.1, 0.15) is 52.4 Å². The lowest BCUT2D eigenvalue weighted by atomic mass is 9.89. The van der Waals surface area contributed by atoms with Crippen LogP contribution in [0.4, 0.5) is 0 Å². The summed E-state index contributed by atoms with van der Waals surface area (Å²) in [6.45, 7) is 5.63. The quantitative estimate of drug-likeness (QED) is 0.654. The van der Waals surface area contributed by atoms with Gasteiger partial charge in [-0.05, 0) is 37.5 Å². The molecule has 1 aliphatic carbocycles. The summed E-state index contributed by atoms with van der Waals surface area (Å²) in [4.78, 5) is 0.